The number of hydrogen-bond donors (Lipinski definition) is 0. The third kappa shape index (κ3) is 3.76. The SMILES string of the molecule is CCOC(=O)C1=NN(c2ccc(OC)cc2)C2C(=O)N(c3ccc(I)cc3)CCC12. The summed E-state index contributed by atoms with van der Waals surface area (Å²) in [6.45, 7) is 2.55. The number of nitrogens with zero attached hydrogens (tertiary/aromatic N) is 3. The molecule has 2 heterocycles. The molecule has 2 unspecified atom stereocenters. The van der Waals surface area contributed by atoms with Crippen molar-refractivity contribution >= 4 is 51.6 Å². The summed E-state index contributed by atoms with van der Waals surface area (Å²) in [5.41, 5.74) is 1.88. The van der Waals surface area contributed by atoms with E-state index in [9.17, 15) is 9.59 Å². The lowest BCUT2D eigenvalue weighted by Crippen LogP contribution is -2.54. The normalized spacial score (nSPS) is 20.6. The van der Waals surface area contributed by atoms with Gasteiger partial charge in [0.25, 0.3) is 5.91 Å². The van der Waals surface area contributed by atoms with E-state index in [1.165, 1.54) is 0 Å². The van der Waals surface area contributed by atoms with Crippen LogP contribution in [0.4, 0.5) is 11.4 Å². The van der Waals surface area contributed by atoms with Gasteiger partial charge in [-0.05, 0) is 84.5 Å². The van der Waals surface area contributed by atoms with E-state index >= 15 is 0 Å². The van der Waals surface area contributed by atoms with Gasteiger partial charge in [0.05, 0.1) is 19.4 Å². The van der Waals surface area contributed by atoms with Crippen LogP contribution in [0.5, 0.6) is 5.75 Å². The zero-order valence-electron chi connectivity index (χ0n) is 16.7. The summed E-state index contributed by atoms with van der Waals surface area (Å²) in [6.07, 6.45) is 0.632. The number of piperidine rings is 1. The molecule has 8 heteroatoms. The number of halogens is 1. The van der Waals surface area contributed by atoms with Crippen molar-refractivity contribution in [1.82, 2.24) is 0 Å². The first-order chi connectivity index (χ1) is 14.5. The van der Waals surface area contributed by atoms with Gasteiger partial charge in [-0.3, -0.25) is 9.80 Å². The van der Waals surface area contributed by atoms with Crippen LogP contribution in [0.15, 0.2) is 53.6 Å². The third-order valence-electron chi connectivity index (χ3n) is 5.35. The Kier molecular flexibility index (Phi) is 5.94. The lowest BCUT2D eigenvalue weighted by molar-refractivity contribution is -0.135. The van der Waals surface area contributed by atoms with E-state index in [1.807, 2.05) is 48.5 Å². The summed E-state index contributed by atoms with van der Waals surface area (Å²) in [5, 5.41) is 6.21. The van der Waals surface area contributed by atoms with Gasteiger partial charge in [-0.25, -0.2) is 4.79 Å². The average molecular weight is 519 g/mol. The molecule has 7 nitrogen and oxygen atoms in total. The van der Waals surface area contributed by atoms with Crippen LogP contribution in [-0.2, 0) is 14.3 Å². The highest BCUT2D eigenvalue weighted by Gasteiger charge is 2.50. The first-order valence-electron chi connectivity index (χ1n) is 9.79. The van der Waals surface area contributed by atoms with Crippen molar-refractivity contribution in [3.63, 3.8) is 0 Å². The summed E-state index contributed by atoms with van der Waals surface area (Å²) in [4.78, 5) is 27.9. The number of anilines is 2. The fourth-order valence-corrected chi connectivity index (χ4v) is 4.27. The Morgan fingerprint density at radius 3 is 2.43 bits per heavy atom. The number of methoxy groups -OCH3 is 1. The molecule has 4 rings (SSSR count). The van der Waals surface area contributed by atoms with Crippen LogP contribution in [0.25, 0.3) is 0 Å². The van der Waals surface area contributed by atoms with Crippen LogP contribution in [0.2, 0.25) is 0 Å². The number of amides is 1. The largest absolute Gasteiger partial charge is 0.497 e. The lowest BCUT2D eigenvalue weighted by Gasteiger charge is -2.37. The number of rotatable bonds is 5. The maximum absolute atomic E-state index is 13.6. The number of benzene rings is 2. The summed E-state index contributed by atoms with van der Waals surface area (Å²) in [6, 6.07) is 14.6. The molecule has 0 saturated carbocycles. The monoisotopic (exact) mass is 519 g/mol. The molecule has 0 aliphatic carbocycles. The first-order valence-corrected chi connectivity index (χ1v) is 10.9. The average Bonchev–Trinajstić information content (AvgIpc) is 3.16. The maximum Gasteiger partial charge on any atom is 0.354 e. The molecule has 2 aromatic rings. The van der Waals surface area contributed by atoms with Crippen molar-refractivity contribution in [1.29, 1.82) is 0 Å². The van der Waals surface area contributed by atoms with Gasteiger partial charge in [0.1, 0.15) is 11.8 Å². The summed E-state index contributed by atoms with van der Waals surface area (Å²) in [7, 11) is 1.60. The molecule has 2 aliphatic rings. The van der Waals surface area contributed by atoms with E-state index in [-0.39, 0.29) is 18.4 Å². The molecule has 1 saturated heterocycles. The smallest absolute Gasteiger partial charge is 0.354 e. The van der Waals surface area contributed by atoms with Gasteiger partial charge >= 0.3 is 5.97 Å². The standard InChI is InChI=1S/C22H22IN3O4/c1-3-30-22(28)19-18-12-13-25(15-6-4-14(23)5-7-15)21(27)20(18)26(24-19)16-8-10-17(29-2)11-9-16/h4-11,18,20H,3,12-13H2,1-2H3. The fourth-order valence-electron chi connectivity index (χ4n) is 3.91. The number of hydrogen-bond acceptors (Lipinski definition) is 6. The first kappa shape index (κ1) is 20.6. The predicted molar refractivity (Wildman–Crippen MR) is 123 cm³/mol. The molecule has 156 valence electrons. The zero-order valence-corrected chi connectivity index (χ0v) is 18.9. The number of carbonyl (C=O) groups excluding carboxylic acids is 2. The molecule has 1 amide bonds. The minimum atomic E-state index is -0.592. The minimum Gasteiger partial charge on any atom is -0.497 e. The van der Waals surface area contributed by atoms with Gasteiger partial charge in [0, 0.05) is 21.7 Å². The van der Waals surface area contributed by atoms with Gasteiger partial charge in [-0.15, -0.1) is 0 Å². The molecule has 0 aromatic heterocycles. The highest BCUT2D eigenvalue weighted by atomic mass is 127. The van der Waals surface area contributed by atoms with Crippen molar-refractivity contribution in [2.24, 2.45) is 11.0 Å². The Morgan fingerprint density at radius 1 is 1.13 bits per heavy atom. The number of carbonyl (C=O) groups is 2. The van der Waals surface area contributed by atoms with Crippen molar-refractivity contribution in [3.8, 4) is 5.75 Å². The molecule has 0 spiro atoms. The molecule has 0 bridgehead atoms. The Balaban J connectivity index is 1.70. The molecular formula is C22H22IN3O4. The second-order valence-electron chi connectivity index (χ2n) is 7.05. The minimum absolute atomic E-state index is 0.0775. The Bertz CT molecular complexity index is 975. The second-order valence-corrected chi connectivity index (χ2v) is 8.30. The van der Waals surface area contributed by atoms with Gasteiger partial charge in [-0.1, -0.05) is 0 Å². The molecule has 2 aromatic carbocycles. The van der Waals surface area contributed by atoms with Crippen molar-refractivity contribution < 1.29 is 19.1 Å². The van der Waals surface area contributed by atoms with Crippen molar-refractivity contribution in [2.75, 3.05) is 30.2 Å². The van der Waals surface area contributed by atoms with Gasteiger partial charge < -0.3 is 14.4 Å². The fraction of sp³-hybridized carbons (Fsp3) is 0.318. The highest BCUT2D eigenvalue weighted by Crippen LogP contribution is 2.37. The molecule has 0 radical (unpaired) electrons. The molecule has 30 heavy (non-hydrogen) atoms. The number of hydrazone groups is 1. The van der Waals surface area contributed by atoms with Crippen molar-refractivity contribution in [3.05, 3.63) is 52.1 Å². The van der Waals surface area contributed by atoms with Gasteiger partial charge in [0.2, 0.25) is 0 Å². The summed E-state index contributed by atoms with van der Waals surface area (Å²) < 4.78 is 11.5. The van der Waals surface area contributed by atoms with E-state index in [2.05, 4.69) is 27.7 Å². The Morgan fingerprint density at radius 2 is 1.80 bits per heavy atom. The zero-order chi connectivity index (χ0) is 21.3. The topological polar surface area (TPSA) is 71.4 Å². The van der Waals surface area contributed by atoms with Crippen LogP contribution < -0.4 is 14.6 Å². The van der Waals surface area contributed by atoms with Gasteiger partial charge in [-0.2, -0.15) is 5.10 Å². The molecular weight excluding hydrogens is 497 g/mol. The van der Waals surface area contributed by atoms with Crippen molar-refractivity contribution in [2.45, 2.75) is 19.4 Å². The van der Waals surface area contributed by atoms with Crippen LogP contribution in [0.3, 0.4) is 0 Å². The third-order valence-corrected chi connectivity index (χ3v) is 6.07. The quantitative estimate of drug-likeness (QED) is 0.447. The number of fused-ring (bicyclic) bond motifs is 1. The van der Waals surface area contributed by atoms with Crippen LogP contribution >= 0.6 is 22.6 Å². The summed E-state index contributed by atoms with van der Waals surface area (Å²) >= 11 is 2.24. The Hall–Kier alpha value is -2.62. The summed E-state index contributed by atoms with van der Waals surface area (Å²) in [5.74, 6) is -0.135. The Labute approximate surface area is 188 Å². The highest BCUT2D eigenvalue weighted by molar-refractivity contribution is 14.1. The predicted octanol–water partition coefficient (Wildman–Crippen LogP) is 3.46. The molecule has 2 atom stereocenters. The van der Waals surface area contributed by atoms with Crippen LogP contribution in [-0.4, -0.2) is 43.9 Å². The van der Waals surface area contributed by atoms with E-state index in [0.29, 0.717) is 24.4 Å². The van der Waals surface area contributed by atoms with E-state index in [0.717, 1.165) is 14.9 Å². The molecule has 0 N–H and O–H groups in total. The van der Waals surface area contributed by atoms with E-state index in [1.54, 1.807) is 23.9 Å². The van der Waals surface area contributed by atoms with E-state index < -0.39 is 12.0 Å². The molecule has 2 aliphatic heterocycles. The molecule has 1 fully saturated rings. The maximum atomic E-state index is 13.6. The number of ether oxygens (including phenoxy) is 2. The van der Waals surface area contributed by atoms with Gasteiger partial charge in [0.15, 0.2) is 5.71 Å². The second kappa shape index (κ2) is 8.63. The lowest BCUT2D eigenvalue weighted by atomic mass is 9.87. The van der Waals surface area contributed by atoms with E-state index in [4.69, 9.17) is 9.47 Å². The number of esters is 1. The van der Waals surface area contributed by atoms with Crippen LogP contribution in [0.1, 0.15) is 13.3 Å². The van der Waals surface area contributed by atoms with Crippen LogP contribution in [0, 0.1) is 9.49 Å².